The fourth-order valence-corrected chi connectivity index (χ4v) is 4.18. The summed E-state index contributed by atoms with van der Waals surface area (Å²) in [5.41, 5.74) is 1.07. The van der Waals surface area contributed by atoms with Gasteiger partial charge in [-0.3, -0.25) is 4.90 Å². The van der Waals surface area contributed by atoms with Crippen LogP contribution in [0, 0.1) is 10.6 Å². The Morgan fingerprint density at radius 1 is 1.27 bits per heavy atom. The van der Waals surface area contributed by atoms with Gasteiger partial charge in [0.05, 0.1) is 6.67 Å². The summed E-state index contributed by atoms with van der Waals surface area (Å²) in [4.78, 5) is 3.45. The normalized spacial score (nSPS) is 14.3. The van der Waals surface area contributed by atoms with Gasteiger partial charge in [0.15, 0.2) is 4.77 Å². The Bertz CT molecular complexity index is 924. The van der Waals surface area contributed by atoms with Crippen molar-refractivity contribution in [3.05, 3.63) is 68.6 Å². The fourth-order valence-electron chi connectivity index (χ4n) is 3.13. The molecule has 2 heterocycles. The van der Waals surface area contributed by atoms with Gasteiger partial charge in [-0.15, -0.1) is 11.3 Å². The molecule has 0 N–H and O–H groups in total. The highest BCUT2D eigenvalue weighted by Gasteiger charge is 2.28. The first-order valence-corrected chi connectivity index (χ1v) is 10.0. The Balaban J connectivity index is 1.52. The predicted octanol–water partition coefficient (Wildman–Crippen LogP) is 4.63. The standard InChI is InChI=1S/C19H21FN4S2/c1-22(12-14-4-6-15(20)7-5-14)13-23-19(25)24(16-8-9-16)18(21-23)11-17-3-2-10-26-17/h2-7,10,16H,8-9,11-13H2,1H3. The molecule has 4 nitrogen and oxygen atoms in total. The van der Waals surface area contributed by atoms with Crippen molar-refractivity contribution in [2.75, 3.05) is 7.05 Å². The SMILES string of the molecule is CN(Cc1ccc(F)cc1)Cn1nc(Cc2cccs2)n(C2CC2)c1=S. The number of thiophene rings is 1. The molecule has 0 bridgehead atoms. The van der Waals surface area contributed by atoms with E-state index in [9.17, 15) is 4.39 Å². The molecule has 0 saturated heterocycles. The van der Waals surface area contributed by atoms with Crippen molar-refractivity contribution in [2.45, 2.75) is 38.5 Å². The fraction of sp³-hybridized carbons (Fsp3) is 0.368. The van der Waals surface area contributed by atoms with Crippen LogP contribution in [0.2, 0.25) is 0 Å². The van der Waals surface area contributed by atoms with Gasteiger partial charge in [-0.1, -0.05) is 18.2 Å². The number of hydrogen-bond acceptors (Lipinski definition) is 4. The number of aromatic nitrogens is 3. The van der Waals surface area contributed by atoms with E-state index in [4.69, 9.17) is 17.3 Å². The number of nitrogens with zero attached hydrogens (tertiary/aromatic N) is 4. The van der Waals surface area contributed by atoms with Crippen LogP contribution in [-0.4, -0.2) is 26.3 Å². The van der Waals surface area contributed by atoms with Gasteiger partial charge in [0.25, 0.3) is 0 Å². The number of hydrogen-bond donors (Lipinski definition) is 0. The molecule has 1 fully saturated rings. The van der Waals surface area contributed by atoms with E-state index in [1.54, 1.807) is 11.3 Å². The predicted molar refractivity (Wildman–Crippen MR) is 104 cm³/mol. The maximum absolute atomic E-state index is 13.1. The first-order chi connectivity index (χ1) is 12.6. The first kappa shape index (κ1) is 17.6. The van der Waals surface area contributed by atoms with Crippen molar-refractivity contribution in [3.8, 4) is 0 Å². The zero-order valence-electron chi connectivity index (χ0n) is 14.6. The molecule has 1 aliphatic rings. The van der Waals surface area contributed by atoms with Crippen LogP contribution in [0.4, 0.5) is 4.39 Å². The molecule has 0 amide bonds. The van der Waals surface area contributed by atoms with E-state index in [1.165, 1.54) is 29.9 Å². The lowest BCUT2D eigenvalue weighted by molar-refractivity contribution is 0.243. The van der Waals surface area contributed by atoms with Crippen molar-refractivity contribution >= 4 is 23.6 Å². The topological polar surface area (TPSA) is 26.0 Å². The lowest BCUT2D eigenvalue weighted by Gasteiger charge is -2.16. The zero-order chi connectivity index (χ0) is 18.1. The molecular weight excluding hydrogens is 367 g/mol. The Labute approximate surface area is 161 Å². The third kappa shape index (κ3) is 3.95. The summed E-state index contributed by atoms with van der Waals surface area (Å²) in [6, 6.07) is 11.3. The molecule has 1 saturated carbocycles. The molecule has 7 heteroatoms. The van der Waals surface area contributed by atoms with E-state index in [1.807, 2.05) is 23.9 Å². The van der Waals surface area contributed by atoms with E-state index in [0.29, 0.717) is 12.7 Å². The lowest BCUT2D eigenvalue weighted by Crippen LogP contribution is -2.22. The summed E-state index contributed by atoms with van der Waals surface area (Å²) in [6.07, 6.45) is 3.19. The van der Waals surface area contributed by atoms with Crippen LogP contribution in [-0.2, 0) is 19.6 Å². The quantitative estimate of drug-likeness (QED) is 0.552. The van der Waals surface area contributed by atoms with Gasteiger partial charge in [0.2, 0.25) is 0 Å². The minimum atomic E-state index is -0.208. The number of halogens is 1. The Morgan fingerprint density at radius 3 is 2.69 bits per heavy atom. The molecule has 0 aliphatic heterocycles. The average Bonchev–Trinajstić information content (AvgIpc) is 3.22. The molecular formula is C19H21FN4S2. The van der Waals surface area contributed by atoms with E-state index in [-0.39, 0.29) is 5.82 Å². The Kier molecular flexibility index (Phi) is 5.02. The lowest BCUT2D eigenvalue weighted by atomic mass is 10.2. The molecule has 2 aromatic heterocycles. The maximum atomic E-state index is 13.1. The van der Waals surface area contributed by atoms with Crippen molar-refractivity contribution in [1.29, 1.82) is 0 Å². The van der Waals surface area contributed by atoms with Crippen molar-refractivity contribution in [3.63, 3.8) is 0 Å². The molecule has 1 aromatic carbocycles. The molecule has 4 rings (SSSR count). The van der Waals surface area contributed by atoms with Gasteiger partial charge < -0.3 is 4.57 Å². The van der Waals surface area contributed by atoms with E-state index in [2.05, 4.69) is 27.0 Å². The Morgan fingerprint density at radius 2 is 2.04 bits per heavy atom. The molecule has 0 radical (unpaired) electrons. The summed E-state index contributed by atoms with van der Waals surface area (Å²) in [6.45, 7) is 1.34. The largest absolute Gasteiger partial charge is 0.301 e. The minimum absolute atomic E-state index is 0.208. The molecule has 1 aliphatic carbocycles. The smallest absolute Gasteiger partial charge is 0.199 e. The van der Waals surface area contributed by atoms with E-state index in [0.717, 1.165) is 29.1 Å². The van der Waals surface area contributed by atoms with Crippen LogP contribution in [0.15, 0.2) is 41.8 Å². The first-order valence-electron chi connectivity index (χ1n) is 8.74. The molecule has 0 unspecified atom stereocenters. The number of rotatable bonds is 7. The highest BCUT2D eigenvalue weighted by molar-refractivity contribution is 7.71. The minimum Gasteiger partial charge on any atom is -0.301 e. The van der Waals surface area contributed by atoms with Gasteiger partial charge in [0, 0.05) is 23.9 Å². The van der Waals surface area contributed by atoms with Crippen LogP contribution in [0.5, 0.6) is 0 Å². The third-order valence-corrected chi connectivity index (χ3v) is 5.79. The van der Waals surface area contributed by atoms with Crippen molar-refractivity contribution < 1.29 is 4.39 Å². The van der Waals surface area contributed by atoms with Gasteiger partial charge in [-0.05, 0) is 61.2 Å². The molecule has 3 aromatic rings. The summed E-state index contributed by atoms with van der Waals surface area (Å²) in [5, 5.41) is 6.92. The van der Waals surface area contributed by atoms with Crippen LogP contribution in [0.1, 0.15) is 35.1 Å². The zero-order valence-corrected chi connectivity index (χ0v) is 16.3. The van der Waals surface area contributed by atoms with Crippen LogP contribution in [0.3, 0.4) is 0 Å². The second-order valence-electron chi connectivity index (χ2n) is 6.84. The van der Waals surface area contributed by atoms with Gasteiger partial charge in [0.1, 0.15) is 11.6 Å². The van der Waals surface area contributed by atoms with Crippen molar-refractivity contribution in [2.24, 2.45) is 0 Å². The van der Waals surface area contributed by atoms with Crippen LogP contribution >= 0.6 is 23.6 Å². The Hall–Kier alpha value is -1.83. The molecule has 26 heavy (non-hydrogen) atoms. The van der Waals surface area contributed by atoms with Crippen LogP contribution < -0.4 is 0 Å². The molecule has 0 atom stereocenters. The third-order valence-electron chi connectivity index (χ3n) is 4.51. The summed E-state index contributed by atoms with van der Waals surface area (Å²) >= 11 is 7.47. The summed E-state index contributed by atoms with van der Waals surface area (Å²) < 4.78 is 18.0. The highest BCUT2D eigenvalue weighted by Crippen LogP contribution is 2.36. The van der Waals surface area contributed by atoms with Crippen molar-refractivity contribution in [1.82, 2.24) is 19.2 Å². The average molecular weight is 389 g/mol. The second kappa shape index (κ2) is 7.42. The van der Waals surface area contributed by atoms with Crippen LogP contribution in [0.25, 0.3) is 0 Å². The monoisotopic (exact) mass is 388 g/mol. The maximum Gasteiger partial charge on any atom is 0.199 e. The highest BCUT2D eigenvalue weighted by atomic mass is 32.1. The van der Waals surface area contributed by atoms with Gasteiger partial charge >= 0.3 is 0 Å². The number of benzene rings is 1. The van der Waals surface area contributed by atoms with Gasteiger partial charge in [-0.25, -0.2) is 9.07 Å². The van der Waals surface area contributed by atoms with Gasteiger partial charge in [-0.2, -0.15) is 5.10 Å². The second-order valence-corrected chi connectivity index (χ2v) is 8.24. The molecule has 136 valence electrons. The van der Waals surface area contributed by atoms with E-state index < -0.39 is 0 Å². The summed E-state index contributed by atoms with van der Waals surface area (Å²) in [5.74, 6) is 0.843. The van der Waals surface area contributed by atoms with E-state index >= 15 is 0 Å². The molecule has 0 spiro atoms. The summed E-state index contributed by atoms with van der Waals surface area (Å²) in [7, 11) is 2.03.